The minimum atomic E-state index is -1.33. The first-order chi connectivity index (χ1) is 8.99. The minimum Gasteiger partial charge on any atom is -0.361 e. The van der Waals surface area contributed by atoms with Crippen LogP contribution >= 0.6 is 0 Å². The highest BCUT2D eigenvalue weighted by Gasteiger charge is 2.19. The van der Waals surface area contributed by atoms with Crippen LogP contribution in [0.4, 0.5) is 8.78 Å². The standard InChI is InChI=1S/C15H20F2N2/c1-15(2,17)10-19-12(8-16)7-11-9-18-14-6-4-3-5-13(11)14/h3-6,9,12,18-19H,7-8,10H2,1-2H3. The van der Waals surface area contributed by atoms with E-state index in [1.54, 1.807) is 0 Å². The van der Waals surface area contributed by atoms with E-state index in [1.807, 2.05) is 30.5 Å². The molecule has 19 heavy (non-hydrogen) atoms. The molecule has 1 atom stereocenters. The summed E-state index contributed by atoms with van der Waals surface area (Å²) in [4.78, 5) is 3.17. The van der Waals surface area contributed by atoms with Crippen molar-refractivity contribution in [2.24, 2.45) is 0 Å². The molecule has 0 saturated heterocycles. The van der Waals surface area contributed by atoms with E-state index in [9.17, 15) is 8.78 Å². The average Bonchev–Trinajstić information content (AvgIpc) is 2.77. The molecule has 2 aromatic rings. The number of fused-ring (bicyclic) bond motifs is 1. The third-order valence-electron chi connectivity index (χ3n) is 3.14. The molecule has 0 aliphatic carbocycles. The summed E-state index contributed by atoms with van der Waals surface area (Å²) < 4.78 is 26.5. The molecule has 0 bridgehead atoms. The number of para-hydroxylation sites is 1. The van der Waals surface area contributed by atoms with Crippen molar-refractivity contribution < 1.29 is 8.78 Å². The second-order valence-electron chi connectivity index (χ2n) is 5.51. The summed E-state index contributed by atoms with van der Waals surface area (Å²) >= 11 is 0. The zero-order valence-corrected chi connectivity index (χ0v) is 11.3. The van der Waals surface area contributed by atoms with Crippen LogP contribution in [-0.2, 0) is 6.42 Å². The van der Waals surface area contributed by atoms with Crippen molar-refractivity contribution in [3.63, 3.8) is 0 Å². The molecule has 104 valence electrons. The topological polar surface area (TPSA) is 27.8 Å². The molecular weight excluding hydrogens is 246 g/mol. The Labute approximate surface area is 112 Å². The van der Waals surface area contributed by atoms with Gasteiger partial charge in [0.1, 0.15) is 12.3 Å². The number of H-pyrrole nitrogens is 1. The Morgan fingerprint density at radius 1 is 1.32 bits per heavy atom. The van der Waals surface area contributed by atoms with Gasteiger partial charge in [-0.25, -0.2) is 8.78 Å². The van der Waals surface area contributed by atoms with Crippen LogP contribution in [0.3, 0.4) is 0 Å². The SMILES string of the molecule is CC(C)(F)CNC(CF)Cc1c[nH]c2ccccc12. The molecule has 0 saturated carbocycles. The van der Waals surface area contributed by atoms with E-state index >= 15 is 0 Å². The monoisotopic (exact) mass is 266 g/mol. The van der Waals surface area contributed by atoms with E-state index in [0.29, 0.717) is 6.42 Å². The van der Waals surface area contributed by atoms with Crippen LogP contribution in [0.15, 0.2) is 30.5 Å². The molecule has 1 aromatic carbocycles. The normalized spacial score (nSPS) is 13.9. The molecule has 0 amide bonds. The molecule has 0 fully saturated rings. The Bertz CT molecular complexity index is 528. The van der Waals surface area contributed by atoms with Gasteiger partial charge in [-0.3, -0.25) is 0 Å². The van der Waals surface area contributed by atoms with Gasteiger partial charge in [0.15, 0.2) is 0 Å². The zero-order chi connectivity index (χ0) is 13.9. The predicted octanol–water partition coefficient (Wildman–Crippen LogP) is 3.39. The van der Waals surface area contributed by atoms with Gasteiger partial charge in [0.2, 0.25) is 0 Å². The minimum absolute atomic E-state index is 0.157. The molecule has 1 heterocycles. The van der Waals surface area contributed by atoms with E-state index in [1.165, 1.54) is 13.8 Å². The van der Waals surface area contributed by atoms with E-state index in [0.717, 1.165) is 16.5 Å². The Balaban J connectivity index is 2.06. The molecule has 2 nitrogen and oxygen atoms in total. The van der Waals surface area contributed by atoms with Crippen molar-refractivity contribution in [2.45, 2.75) is 32.0 Å². The Hall–Kier alpha value is -1.42. The highest BCUT2D eigenvalue weighted by atomic mass is 19.1. The summed E-state index contributed by atoms with van der Waals surface area (Å²) in [6, 6.07) is 7.56. The van der Waals surface area contributed by atoms with Crippen LogP contribution in [-0.4, -0.2) is 29.9 Å². The van der Waals surface area contributed by atoms with Crippen LogP contribution in [0.5, 0.6) is 0 Å². The first-order valence-corrected chi connectivity index (χ1v) is 6.53. The third kappa shape index (κ3) is 3.77. The van der Waals surface area contributed by atoms with Gasteiger partial charge in [0, 0.05) is 29.7 Å². The molecule has 0 aliphatic rings. The van der Waals surface area contributed by atoms with E-state index in [2.05, 4.69) is 10.3 Å². The Morgan fingerprint density at radius 3 is 2.74 bits per heavy atom. The maximum absolute atomic E-state index is 13.4. The molecule has 2 N–H and O–H groups in total. The van der Waals surface area contributed by atoms with E-state index in [4.69, 9.17) is 0 Å². The van der Waals surface area contributed by atoms with Crippen LogP contribution in [0, 0.1) is 0 Å². The largest absolute Gasteiger partial charge is 0.361 e. The fourth-order valence-corrected chi connectivity index (χ4v) is 2.13. The maximum atomic E-state index is 13.4. The van der Waals surface area contributed by atoms with Gasteiger partial charge < -0.3 is 10.3 Å². The van der Waals surface area contributed by atoms with Gasteiger partial charge in [-0.05, 0) is 31.9 Å². The van der Waals surface area contributed by atoms with Crippen molar-refractivity contribution in [1.29, 1.82) is 0 Å². The molecule has 0 aliphatic heterocycles. The molecule has 0 radical (unpaired) electrons. The van der Waals surface area contributed by atoms with Gasteiger partial charge >= 0.3 is 0 Å². The molecule has 2 rings (SSSR count). The molecule has 0 spiro atoms. The van der Waals surface area contributed by atoms with E-state index in [-0.39, 0.29) is 12.6 Å². The number of benzene rings is 1. The number of hydrogen-bond donors (Lipinski definition) is 2. The van der Waals surface area contributed by atoms with Crippen LogP contribution < -0.4 is 5.32 Å². The number of nitrogens with one attached hydrogen (secondary N) is 2. The number of halogens is 2. The maximum Gasteiger partial charge on any atom is 0.117 e. The number of aromatic nitrogens is 1. The summed E-state index contributed by atoms with van der Waals surface area (Å²) in [7, 11) is 0. The van der Waals surface area contributed by atoms with Crippen molar-refractivity contribution in [3.05, 3.63) is 36.0 Å². The van der Waals surface area contributed by atoms with Crippen LogP contribution in [0.2, 0.25) is 0 Å². The van der Waals surface area contributed by atoms with Gasteiger partial charge in [-0.1, -0.05) is 18.2 Å². The van der Waals surface area contributed by atoms with Gasteiger partial charge in [-0.15, -0.1) is 0 Å². The first-order valence-electron chi connectivity index (χ1n) is 6.53. The fourth-order valence-electron chi connectivity index (χ4n) is 2.13. The Morgan fingerprint density at radius 2 is 2.05 bits per heavy atom. The zero-order valence-electron chi connectivity index (χ0n) is 11.3. The quantitative estimate of drug-likeness (QED) is 0.824. The molecule has 1 aromatic heterocycles. The average molecular weight is 266 g/mol. The predicted molar refractivity (Wildman–Crippen MR) is 75.0 cm³/mol. The molecular formula is C15H20F2N2. The lowest BCUT2D eigenvalue weighted by molar-refractivity contribution is 0.197. The second-order valence-corrected chi connectivity index (χ2v) is 5.51. The first kappa shape index (κ1) is 14.0. The lowest BCUT2D eigenvalue weighted by Crippen LogP contribution is -2.40. The van der Waals surface area contributed by atoms with Crippen LogP contribution in [0.1, 0.15) is 19.4 Å². The fraction of sp³-hybridized carbons (Fsp3) is 0.467. The number of aromatic amines is 1. The number of hydrogen-bond acceptors (Lipinski definition) is 1. The lowest BCUT2D eigenvalue weighted by atomic mass is 10.0. The highest BCUT2D eigenvalue weighted by Crippen LogP contribution is 2.19. The van der Waals surface area contributed by atoms with Crippen molar-refractivity contribution in [2.75, 3.05) is 13.2 Å². The number of rotatable bonds is 6. The molecule has 1 unspecified atom stereocenters. The summed E-state index contributed by atoms with van der Waals surface area (Å²) in [5.41, 5.74) is 0.775. The van der Waals surface area contributed by atoms with E-state index < -0.39 is 12.3 Å². The highest BCUT2D eigenvalue weighted by molar-refractivity contribution is 5.83. The summed E-state index contributed by atoms with van der Waals surface area (Å²) in [5.74, 6) is 0. The third-order valence-corrected chi connectivity index (χ3v) is 3.14. The van der Waals surface area contributed by atoms with Gasteiger partial charge in [0.25, 0.3) is 0 Å². The Kier molecular flexibility index (Phi) is 4.20. The van der Waals surface area contributed by atoms with Gasteiger partial charge in [-0.2, -0.15) is 0 Å². The summed E-state index contributed by atoms with van der Waals surface area (Å²) in [5, 5.41) is 4.05. The van der Waals surface area contributed by atoms with Crippen molar-refractivity contribution >= 4 is 10.9 Å². The van der Waals surface area contributed by atoms with Crippen molar-refractivity contribution in [1.82, 2.24) is 10.3 Å². The van der Waals surface area contributed by atoms with Gasteiger partial charge in [0.05, 0.1) is 0 Å². The summed E-state index contributed by atoms with van der Waals surface area (Å²) in [6.45, 7) is 2.63. The van der Waals surface area contributed by atoms with Crippen LogP contribution in [0.25, 0.3) is 10.9 Å². The number of alkyl halides is 2. The van der Waals surface area contributed by atoms with Crippen molar-refractivity contribution in [3.8, 4) is 0 Å². The smallest absolute Gasteiger partial charge is 0.117 e. The molecule has 4 heteroatoms. The second kappa shape index (κ2) is 5.70. The lowest BCUT2D eigenvalue weighted by Gasteiger charge is -2.20. The summed E-state index contributed by atoms with van der Waals surface area (Å²) in [6.07, 6.45) is 2.45.